The van der Waals surface area contributed by atoms with E-state index in [2.05, 4.69) is 4.98 Å². The van der Waals surface area contributed by atoms with Crippen LogP contribution in [0, 0.1) is 0 Å². The Hall–Kier alpha value is -4.26. The Morgan fingerprint density at radius 3 is 1.93 bits per heavy atom. The predicted octanol–water partition coefficient (Wildman–Crippen LogP) is 2.16. The van der Waals surface area contributed by atoms with E-state index in [9.17, 15) is 14.7 Å². The second-order valence-corrected chi connectivity index (χ2v) is 10.2. The third-order valence-electron chi connectivity index (χ3n) is 7.94. The topological polar surface area (TPSA) is 147 Å². The van der Waals surface area contributed by atoms with Crippen LogP contribution in [0.4, 0.5) is 0 Å². The summed E-state index contributed by atoms with van der Waals surface area (Å²) in [6.07, 6.45) is -2.10. The molecule has 0 aliphatic carbocycles. The number of hydrogen-bond acceptors (Lipinski definition) is 9. The van der Waals surface area contributed by atoms with Crippen LogP contribution in [0.25, 0.3) is 0 Å². The molecule has 3 aromatic carbocycles. The molecular formula is C32H35N3O8. The SMILES string of the molecule is COc1ccc(C(OC[C@@]2(CN)O[C@@H](n3ccc(=O)[nH]c3=O)[C@H](OC)[C@@H]2O)(c2ccccc2)c2ccc(OC)cc2)cc1. The lowest BCUT2D eigenvalue weighted by Gasteiger charge is -2.40. The van der Waals surface area contributed by atoms with E-state index in [1.54, 1.807) is 14.2 Å². The van der Waals surface area contributed by atoms with E-state index in [1.807, 2.05) is 78.9 Å². The molecule has 0 unspecified atom stereocenters. The van der Waals surface area contributed by atoms with Crippen molar-refractivity contribution in [3.8, 4) is 11.5 Å². The Labute approximate surface area is 248 Å². The van der Waals surface area contributed by atoms with Gasteiger partial charge in [0.1, 0.15) is 34.9 Å². The number of nitrogens with two attached hydrogens (primary N) is 1. The molecule has 1 aliphatic heterocycles. The Balaban J connectivity index is 1.63. The molecule has 4 atom stereocenters. The molecule has 11 heteroatoms. The first-order valence-electron chi connectivity index (χ1n) is 13.7. The Bertz CT molecular complexity index is 1570. The standard InChI is InChI=1S/C32H35N3O8/c1-39-24-13-9-22(10-14-24)32(21-7-5-4-6-8-21,23-11-15-25(40-2)16-12-23)42-20-31(19-33)28(37)27(41-3)29(43-31)35-18-17-26(36)34-30(35)38/h4-18,27-29,37H,19-20,33H2,1-3H3,(H,34,36,38)/t27-,28+,29-,31-/m1/s1. The fourth-order valence-corrected chi connectivity index (χ4v) is 5.57. The van der Waals surface area contributed by atoms with Crippen LogP contribution in [0.3, 0.4) is 0 Å². The number of hydrogen-bond donors (Lipinski definition) is 3. The van der Waals surface area contributed by atoms with Crippen molar-refractivity contribution < 1.29 is 28.8 Å². The fraction of sp³-hybridized carbons (Fsp3) is 0.312. The summed E-state index contributed by atoms with van der Waals surface area (Å²) in [7, 11) is 4.59. The van der Waals surface area contributed by atoms with E-state index in [4.69, 9.17) is 29.4 Å². The zero-order valence-corrected chi connectivity index (χ0v) is 24.1. The van der Waals surface area contributed by atoms with Crippen LogP contribution in [-0.4, -0.2) is 66.9 Å². The summed E-state index contributed by atoms with van der Waals surface area (Å²) in [5.41, 5.74) is 4.68. The number of rotatable bonds is 11. The van der Waals surface area contributed by atoms with Gasteiger partial charge in [-0.3, -0.25) is 14.3 Å². The van der Waals surface area contributed by atoms with Gasteiger partial charge in [0.05, 0.1) is 20.8 Å². The third kappa shape index (κ3) is 5.49. The van der Waals surface area contributed by atoms with Gasteiger partial charge in [-0.2, -0.15) is 0 Å². The van der Waals surface area contributed by atoms with Crippen molar-refractivity contribution in [3.63, 3.8) is 0 Å². The first-order valence-corrected chi connectivity index (χ1v) is 13.7. The summed E-state index contributed by atoms with van der Waals surface area (Å²) >= 11 is 0. The average molecular weight is 590 g/mol. The Kier molecular flexibility index (Phi) is 8.81. The number of aromatic amines is 1. The summed E-state index contributed by atoms with van der Waals surface area (Å²) in [5, 5.41) is 11.6. The number of aromatic nitrogens is 2. The van der Waals surface area contributed by atoms with Crippen molar-refractivity contribution in [2.75, 3.05) is 34.5 Å². The van der Waals surface area contributed by atoms with Crippen molar-refractivity contribution in [3.05, 3.63) is 129 Å². The van der Waals surface area contributed by atoms with Gasteiger partial charge in [-0.05, 0) is 41.0 Å². The predicted molar refractivity (Wildman–Crippen MR) is 158 cm³/mol. The second-order valence-electron chi connectivity index (χ2n) is 10.2. The summed E-state index contributed by atoms with van der Waals surface area (Å²) < 4.78 is 30.9. The molecule has 1 fully saturated rings. The van der Waals surface area contributed by atoms with Crippen LogP contribution in [0.1, 0.15) is 22.9 Å². The molecule has 0 radical (unpaired) electrons. The Morgan fingerprint density at radius 1 is 0.884 bits per heavy atom. The second kappa shape index (κ2) is 12.5. The first-order chi connectivity index (χ1) is 20.8. The van der Waals surface area contributed by atoms with Gasteiger partial charge in [0, 0.05) is 25.9 Å². The highest BCUT2D eigenvalue weighted by Gasteiger charge is 2.56. The van der Waals surface area contributed by atoms with Crippen molar-refractivity contribution in [2.45, 2.75) is 29.6 Å². The van der Waals surface area contributed by atoms with E-state index in [1.165, 1.54) is 19.4 Å². The number of benzene rings is 3. The zero-order chi connectivity index (χ0) is 30.6. The maximum absolute atomic E-state index is 12.7. The molecule has 0 saturated carbocycles. The minimum Gasteiger partial charge on any atom is -0.497 e. The lowest BCUT2D eigenvalue weighted by atomic mass is 9.79. The monoisotopic (exact) mass is 589 g/mol. The van der Waals surface area contributed by atoms with E-state index >= 15 is 0 Å². The van der Waals surface area contributed by atoms with Gasteiger partial charge in [-0.15, -0.1) is 0 Å². The molecule has 4 N–H and O–H groups in total. The number of aliphatic hydroxyl groups is 1. The molecule has 226 valence electrons. The largest absolute Gasteiger partial charge is 0.497 e. The van der Waals surface area contributed by atoms with Crippen molar-refractivity contribution >= 4 is 0 Å². The summed E-state index contributed by atoms with van der Waals surface area (Å²) in [4.78, 5) is 26.6. The molecule has 0 spiro atoms. The van der Waals surface area contributed by atoms with Gasteiger partial charge in [0.2, 0.25) is 0 Å². The minimum atomic E-state index is -1.50. The van der Waals surface area contributed by atoms with Gasteiger partial charge in [0.25, 0.3) is 5.56 Å². The smallest absolute Gasteiger partial charge is 0.330 e. The molecular weight excluding hydrogens is 554 g/mol. The number of H-pyrrole nitrogens is 1. The van der Waals surface area contributed by atoms with Gasteiger partial charge >= 0.3 is 5.69 Å². The van der Waals surface area contributed by atoms with Crippen LogP contribution in [0.2, 0.25) is 0 Å². The molecule has 0 bridgehead atoms. The molecule has 0 amide bonds. The van der Waals surface area contributed by atoms with Gasteiger partial charge in [-0.25, -0.2) is 4.79 Å². The quantitative estimate of drug-likeness (QED) is 0.224. The highest BCUT2D eigenvalue weighted by molar-refractivity contribution is 5.49. The Morgan fingerprint density at radius 2 is 1.44 bits per heavy atom. The summed E-state index contributed by atoms with van der Waals surface area (Å²) in [6.45, 7) is -0.370. The maximum Gasteiger partial charge on any atom is 0.330 e. The van der Waals surface area contributed by atoms with Crippen LogP contribution in [0.15, 0.2) is 101 Å². The van der Waals surface area contributed by atoms with E-state index in [0.29, 0.717) is 11.5 Å². The molecule has 1 saturated heterocycles. The highest BCUT2D eigenvalue weighted by Crippen LogP contribution is 2.45. The van der Waals surface area contributed by atoms with E-state index < -0.39 is 40.9 Å². The lowest BCUT2D eigenvalue weighted by molar-refractivity contribution is -0.156. The highest BCUT2D eigenvalue weighted by atomic mass is 16.6. The normalized spacial score (nSPS) is 21.9. The van der Waals surface area contributed by atoms with Crippen molar-refractivity contribution in [1.82, 2.24) is 9.55 Å². The van der Waals surface area contributed by atoms with Gasteiger partial charge < -0.3 is 34.5 Å². The fourth-order valence-electron chi connectivity index (χ4n) is 5.57. The van der Waals surface area contributed by atoms with Crippen LogP contribution in [-0.2, 0) is 19.8 Å². The number of ether oxygens (including phenoxy) is 5. The number of nitrogens with one attached hydrogen (secondary N) is 1. The molecule has 11 nitrogen and oxygen atoms in total. The van der Waals surface area contributed by atoms with Crippen molar-refractivity contribution in [1.29, 1.82) is 0 Å². The molecule has 43 heavy (non-hydrogen) atoms. The maximum atomic E-state index is 12.7. The minimum absolute atomic E-state index is 0.168. The number of methoxy groups -OCH3 is 3. The number of nitrogens with zero attached hydrogens (tertiary/aromatic N) is 1. The molecule has 1 aliphatic rings. The van der Waals surface area contributed by atoms with Gasteiger partial charge in [-0.1, -0.05) is 54.6 Å². The van der Waals surface area contributed by atoms with Crippen LogP contribution < -0.4 is 26.5 Å². The first kappa shape index (κ1) is 30.2. The third-order valence-corrected chi connectivity index (χ3v) is 7.94. The molecule has 4 aromatic rings. The molecule has 1 aromatic heterocycles. The zero-order valence-electron chi connectivity index (χ0n) is 24.1. The average Bonchev–Trinajstić information content (AvgIpc) is 3.33. The summed E-state index contributed by atoms with van der Waals surface area (Å²) in [5.74, 6) is 1.34. The molecule has 5 rings (SSSR count). The number of aliphatic hydroxyl groups excluding tert-OH is 1. The van der Waals surface area contributed by atoms with Crippen molar-refractivity contribution in [2.24, 2.45) is 5.73 Å². The van der Waals surface area contributed by atoms with Gasteiger partial charge in [0.15, 0.2) is 6.23 Å². The lowest BCUT2D eigenvalue weighted by Crippen LogP contribution is -2.54. The van der Waals surface area contributed by atoms with E-state index in [0.717, 1.165) is 21.3 Å². The van der Waals surface area contributed by atoms with E-state index in [-0.39, 0.29) is 13.2 Å². The summed E-state index contributed by atoms with van der Waals surface area (Å²) in [6, 6.07) is 25.9. The molecule has 2 heterocycles. The van der Waals surface area contributed by atoms with Crippen LogP contribution >= 0.6 is 0 Å². The van der Waals surface area contributed by atoms with Crippen LogP contribution in [0.5, 0.6) is 11.5 Å².